The number of hydrogen-bond donors (Lipinski definition) is 0. The molecule has 2 aromatic rings. The van der Waals surface area contributed by atoms with Gasteiger partial charge in [-0.2, -0.15) is 4.31 Å². The van der Waals surface area contributed by atoms with Crippen LogP contribution in [-0.2, 0) is 10.0 Å². The summed E-state index contributed by atoms with van der Waals surface area (Å²) in [6, 6.07) is 12.2. The van der Waals surface area contributed by atoms with Crippen molar-refractivity contribution in [3.8, 4) is 17.2 Å². The van der Waals surface area contributed by atoms with Crippen LogP contribution in [-0.4, -0.2) is 40.6 Å². The molecule has 1 fully saturated rings. The normalized spacial score (nSPS) is 18.3. The lowest BCUT2D eigenvalue weighted by Gasteiger charge is -2.30. The van der Waals surface area contributed by atoms with Crippen molar-refractivity contribution >= 4 is 10.0 Å². The van der Waals surface area contributed by atoms with E-state index in [9.17, 15) is 8.42 Å². The van der Waals surface area contributed by atoms with E-state index >= 15 is 0 Å². The molecule has 1 heterocycles. The number of hydrogen-bond acceptors (Lipinski definition) is 5. The van der Waals surface area contributed by atoms with Crippen molar-refractivity contribution in [3.63, 3.8) is 0 Å². The van der Waals surface area contributed by atoms with Gasteiger partial charge in [-0.25, -0.2) is 8.42 Å². The molecule has 0 spiro atoms. The van der Waals surface area contributed by atoms with Crippen LogP contribution in [0.25, 0.3) is 0 Å². The van der Waals surface area contributed by atoms with Crippen LogP contribution in [0.15, 0.2) is 47.4 Å². The van der Waals surface area contributed by atoms with E-state index in [1.807, 2.05) is 24.3 Å². The summed E-state index contributed by atoms with van der Waals surface area (Å²) in [7, 11) is 0.959. The molecule has 0 radical (unpaired) electrons. The molecule has 2 aromatic carbocycles. The highest BCUT2D eigenvalue weighted by Crippen LogP contribution is 2.37. The molecule has 0 aromatic heterocycles. The lowest BCUT2D eigenvalue weighted by Crippen LogP contribution is -2.34. The van der Waals surface area contributed by atoms with Gasteiger partial charge in [0, 0.05) is 12.6 Å². The molecule has 1 atom stereocenters. The summed E-state index contributed by atoms with van der Waals surface area (Å²) in [6.45, 7) is 0.493. The number of methoxy groups -OCH3 is 3. The Balaban J connectivity index is 2.00. The Labute approximate surface area is 167 Å². The van der Waals surface area contributed by atoms with Gasteiger partial charge in [-0.05, 0) is 42.7 Å². The van der Waals surface area contributed by atoms with E-state index in [2.05, 4.69) is 0 Å². The highest BCUT2D eigenvalue weighted by Gasteiger charge is 2.34. The van der Waals surface area contributed by atoms with Crippen LogP contribution in [0.4, 0.5) is 0 Å². The molecule has 1 aliphatic heterocycles. The first kappa shape index (κ1) is 20.5. The molecule has 0 amide bonds. The van der Waals surface area contributed by atoms with Crippen molar-refractivity contribution < 1.29 is 22.6 Å². The van der Waals surface area contributed by atoms with E-state index < -0.39 is 10.0 Å². The molecule has 0 bridgehead atoms. The Morgan fingerprint density at radius 3 is 2.21 bits per heavy atom. The average molecular weight is 406 g/mol. The molecule has 1 aliphatic rings. The van der Waals surface area contributed by atoms with Crippen LogP contribution in [0.5, 0.6) is 17.2 Å². The summed E-state index contributed by atoms with van der Waals surface area (Å²) in [4.78, 5) is 0.213. The first-order valence-corrected chi connectivity index (χ1v) is 10.8. The fourth-order valence-corrected chi connectivity index (χ4v) is 5.34. The minimum Gasteiger partial charge on any atom is -0.497 e. The van der Waals surface area contributed by atoms with Crippen LogP contribution < -0.4 is 14.2 Å². The van der Waals surface area contributed by atoms with Crippen molar-refractivity contribution in [2.45, 2.75) is 36.6 Å². The van der Waals surface area contributed by atoms with Gasteiger partial charge >= 0.3 is 0 Å². The second-order valence-corrected chi connectivity index (χ2v) is 8.66. The minimum atomic E-state index is -3.69. The van der Waals surface area contributed by atoms with Crippen LogP contribution in [0.3, 0.4) is 0 Å². The van der Waals surface area contributed by atoms with E-state index in [0.29, 0.717) is 18.0 Å². The summed E-state index contributed by atoms with van der Waals surface area (Å²) in [5.74, 6) is 1.66. The predicted octanol–water partition coefficient (Wildman–Crippen LogP) is 4.02. The Morgan fingerprint density at radius 2 is 1.57 bits per heavy atom. The van der Waals surface area contributed by atoms with Gasteiger partial charge in [0.1, 0.15) is 5.75 Å². The second-order valence-electron chi connectivity index (χ2n) is 6.77. The van der Waals surface area contributed by atoms with Crippen molar-refractivity contribution in [1.29, 1.82) is 0 Å². The summed E-state index contributed by atoms with van der Waals surface area (Å²) in [5.41, 5.74) is 0.978. The molecule has 1 saturated heterocycles. The van der Waals surface area contributed by atoms with Crippen LogP contribution in [0, 0.1) is 0 Å². The Kier molecular flexibility index (Phi) is 6.46. The van der Waals surface area contributed by atoms with E-state index in [4.69, 9.17) is 14.2 Å². The zero-order chi connectivity index (χ0) is 20.1. The number of sulfonamides is 1. The smallest absolute Gasteiger partial charge is 0.243 e. The maximum absolute atomic E-state index is 13.5. The summed E-state index contributed by atoms with van der Waals surface area (Å²) in [6.07, 6.45) is 3.65. The third-order valence-electron chi connectivity index (χ3n) is 5.17. The Hall–Kier alpha value is -2.25. The van der Waals surface area contributed by atoms with E-state index in [0.717, 1.165) is 37.0 Å². The standard InChI is InChI=1S/C21H27NO5S/c1-25-17-10-8-16(9-11-17)19-7-5-4-6-14-22(19)28(23,24)18-12-13-20(26-2)21(15-18)27-3/h8-13,15,19H,4-7,14H2,1-3H3. The highest BCUT2D eigenvalue weighted by atomic mass is 32.2. The molecule has 6 nitrogen and oxygen atoms in total. The number of nitrogens with zero attached hydrogens (tertiary/aromatic N) is 1. The number of ether oxygens (including phenoxy) is 3. The molecular weight excluding hydrogens is 378 g/mol. The maximum Gasteiger partial charge on any atom is 0.243 e. The highest BCUT2D eigenvalue weighted by molar-refractivity contribution is 7.89. The lowest BCUT2D eigenvalue weighted by molar-refractivity contribution is 0.327. The Morgan fingerprint density at radius 1 is 0.857 bits per heavy atom. The van der Waals surface area contributed by atoms with Crippen molar-refractivity contribution in [2.24, 2.45) is 0 Å². The van der Waals surface area contributed by atoms with Gasteiger partial charge in [0.2, 0.25) is 10.0 Å². The summed E-state index contributed by atoms with van der Waals surface area (Å²) in [5, 5.41) is 0. The fraction of sp³-hybridized carbons (Fsp3) is 0.429. The van der Waals surface area contributed by atoms with Crippen molar-refractivity contribution in [3.05, 3.63) is 48.0 Å². The minimum absolute atomic E-state index is 0.202. The van der Waals surface area contributed by atoms with Gasteiger partial charge in [-0.3, -0.25) is 0 Å². The Bertz CT molecular complexity index is 896. The molecule has 0 saturated carbocycles. The lowest BCUT2D eigenvalue weighted by atomic mass is 10.0. The van der Waals surface area contributed by atoms with E-state index in [-0.39, 0.29) is 10.9 Å². The second kappa shape index (κ2) is 8.84. The first-order chi connectivity index (χ1) is 13.5. The molecule has 152 valence electrons. The van der Waals surface area contributed by atoms with Crippen LogP contribution in [0.1, 0.15) is 37.3 Å². The van der Waals surface area contributed by atoms with Gasteiger partial charge in [-0.15, -0.1) is 0 Å². The number of rotatable bonds is 6. The van der Waals surface area contributed by atoms with Gasteiger partial charge in [0.05, 0.1) is 32.3 Å². The van der Waals surface area contributed by atoms with Crippen LogP contribution >= 0.6 is 0 Å². The third-order valence-corrected chi connectivity index (χ3v) is 7.07. The number of benzene rings is 2. The molecule has 0 aliphatic carbocycles. The third kappa shape index (κ3) is 4.10. The van der Waals surface area contributed by atoms with Gasteiger partial charge in [-0.1, -0.05) is 25.0 Å². The largest absolute Gasteiger partial charge is 0.497 e. The molecule has 1 unspecified atom stereocenters. The summed E-state index contributed by atoms with van der Waals surface area (Å²) < 4.78 is 44.4. The summed E-state index contributed by atoms with van der Waals surface area (Å²) >= 11 is 0. The molecule has 3 rings (SSSR count). The predicted molar refractivity (Wildman–Crippen MR) is 108 cm³/mol. The maximum atomic E-state index is 13.5. The van der Waals surface area contributed by atoms with Gasteiger partial charge in [0.15, 0.2) is 11.5 Å². The van der Waals surface area contributed by atoms with Gasteiger partial charge < -0.3 is 14.2 Å². The SMILES string of the molecule is COc1ccc(C2CCCCCN2S(=O)(=O)c2ccc(OC)c(OC)c2)cc1. The molecule has 7 heteroatoms. The van der Waals surface area contributed by atoms with E-state index in [1.54, 1.807) is 23.5 Å². The topological polar surface area (TPSA) is 65.1 Å². The average Bonchev–Trinajstić information content (AvgIpc) is 3.00. The van der Waals surface area contributed by atoms with Crippen LogP contribution in [0.2, 0.25) is 0 Å². The zero-order valence-electron chi connectivity index (χ0n) is 16.6. The monoisotopic (exact) mass is 405 g/mol. The zero-order valence-corrected chi connectivity index (χ0v) is 17.4. The van der Waals surface area contributed by atoms with E-state index in [1.165, 1.54) is 20.3 Å². The fourth-order valence-electron chi connectivity index (χ4n) is 3.64. The van der Waals surface area contributed by atoms with Gasteiger partial charge in [0.25, 0.3) is 0 Å². The van der Waals surface area contributed by atoms with Crippen molar-refractivity contribution in [1.82, 2.24) is 4.31 Å². The first-order valence-electron chi connectivity index (χ1n) is 9.39. The quantitative estimate of drug-likeness (QED) is 0.726. The molecular formula is C21H27NO5S. The molecule has 0 N–H and O–H groups in total. The molecule has 28 heavy (non-hydrogen) atoms. The van der Waals surface area contributed by atoms with Crippen molar-refractivity contribution in [2.75, 3.05) is 27.9 Å².